The molecule has 0 aromatic rings. The zero-order valence-electron chi connectivity index (χ0n) is 7.86. The summed E-state index contributed by atoms with van der Waals surface area (Å²) in [6, 6.07) is 0. The first-order valence-electron chi connectivity index (χ1n) is 4.35. The second kappa shape index (κ2) is 4.77. The number of aliphatic hydroxyl groups is 1. The number of likely N-dealkylation sites (N-methyl/N-ethyl adjacent to an activating group) is 1. The lowest BCUT2D eigenvalue weighted by Gasteiger charge is -2.30. The average Bonchev–Trinajstić information content (AvgIpc) is 2.01. The van der Waals surface area contributed by atoms with Crippen LogP contribution in [0.15, 0.2) is 0 Å². The minimum atomic E-state index is -0.582. The monoisotopic (exact) mass is 174 g/mol. The minimum absolute atomic E-state index is 0.582. The molecular formula is C8H18N2O2. The van der Waals surface area contributed by atoms with Crippen LogP contribution in [0, 0.1) is 0 Å². The molecule has 1 atom stereocenters. The Morgan fingerprint density at radius 2 is 2.33 bits per heavy atom. The third kappa shape index (κ3) is 3.49. The summed E-state index contributed by atoms with van der Waals surface area (Å²) in [7, 11) is 4.10. The number of β-amino-alcohol motifs (C(OH)–C–C–N with tert-alkyl or cyclic N) is 1. The number of hydrogen-bond donors (Lipinski definition) is 1. The summed E-state index contributed by atoms with van der Waals surface area (Å²) in [5.74, 6) is 0. The summed E-state index contributed by atoms with van der Waals surface area (Å²) in [6.45, 7) is 4.27. The fourth-order valence-electron chi connectivity index (χ4n) is 1.23. The molecule has 1 heterocycles. The summed E-state index contributed by atoms with van der Waals surface area (Å²) in [4.78, 5) is 4.36. The normalized spacial score (nSPS) is 26.5. The van der Waals surface area contributed by atoms with E-state index in [4.69, 9.17) is 9.84 Å². The van der Waals surface area contributed by atoms with Gasteiger partial charge in [-0.3, -0.25) is 4.90 Å². The molecule has 1 rings (SSSR count). The topological polar surface area (TPSA) is 35.9 Å². The Hall–Kier alpha value is -0.160. The van der Waals surface area contributed by atoms with Gasteiger partial charge in [-0.15, -0.1) is 0 Å². The van der Waals surface area contributed by atoms with E-state index in [1.54, 1.807) is 0 Å². The van der Waals surface area contributed by atoms with Crippen LogP contribution in [0.25, 0.3) is 0 Å². The number of rotatable bonds is 3. The number of ether oxygens (including phenoxy) is 1. The predicted octanol–water partition coefficient (Wildman–Crippen LogP) is -0.801. The van der Waals surface area contributed by atoms with Crippen molar-refractivity contribution < 1.29 is 9.84 Å². The lowest BCUT2D eigenvalue weighted by molar-refractivity contribution is -0.146. The fourth-order valence-corrected chi connectivity index (χ4v) is 1.23. The van der Waals surface area contributed by atoms with Crippen molar-refractivity contribution in [1.82, 2.24) is 9.80 Å². The van der Waals surface area contributed by atoms with Gasteiger partial charge in [-0.1, -0.05) is 0 Å². The first-order chi connectivity index (χ1) is 5.68. The number of morpholine rings is 1. The minimum Gasteiger partial charge on any atom is -0.367 e. The molecular weight excluding hydrogens is 156 g/mol. The molecule has 0 bridgehead atoms. The van der Waals surface area contributed by atoms with Crippen LogP contribution in [-0.2, 0) is 4.74 Å². The fraction of sp³-hybridized carbons (Fsp3) is 1.00. The average molecular weight is 174 g/mol. The summed E-state index contributed by atoms with van der Waals surface area (Å²) in [5, 5.41) is 9.17. The van der Waals surface area contributed by atoms with Gasteiger partial charge in [0.15, 0.2) is 6.29 Å². The highest BCUT2D eigenvalue weighted by atomic mass is 16.6. The van der Waals surface area contributed by atoms with Gasteiger partial charge in [-0.05, 0) is 14.1 Å². The van der Waals surface area contributed by atoms with Crippen LogP contribution in [0.1, 0.15) is 0 Å². The Bertz CT molecular complexity index is 130. The van der Waals surface area contributed by atoms with Crippen LogP contribution >= 0.6 is 0 Å². The van der Waals surface area contributed by atoms with Gasteiger partial charge in [0.25, 0.3) is 0 Å². The van der Waals surface area contributed by atoms with Gasteiger partial charge in [-0.2, -0.15) is 0 Å². The van der Waals surface area contributed by atoms with E-state index in [2.05, 4.69) is 23.9 Å². The Kier molecular flexibility index (Phi) is 3.94. The SMILES string of the molecule is CN(C)CCN1CCO[C@@H](O)C1. The highest BCUT2D eigenvalue weighted by molar-refractivity contribution is 4.65. The number of hydrogen-bond acceptors (Lipinski definition) is 4. The van der Waals surface area contributed by atoms with E-state index in [0.29, 0.717) is 13.2 Å². The maximum Gasteiger partial charge on any atom is 0.167 e. The van der Waals surface area contributed by atoms with Gasteiger partial charge in [0.2, 0.25) is 0 Å². The van der Waals surface area contributed by atoms with E-state index in [1.807, 2.05) is 0 Å². The first kappa shape index (κ1) is 9.92. The first-order valence-corrected chi connectivity index (χ1v) is 4.35. The van der Waals surface area contributed by atoms with Crippen LogP contribution < -0.4 is 0 Å². The third-order valence-electron chi connectivity index (χ3n) is 2.00. The van der Waals surface area contributed by atoms with Crippen LogP contribution in [-0.4, -0.2) is 68.1 Å². The molecule has 1 saturated heterocycles. The van der Waals surface area contributed by atoms with Crippen LogP contribution in [0.2, 0.25) is 0 Å². The Balaban J connectivity index is 2.14. The van der Waals surface area contributed by atoms with Gasteiger partial charge >= 0.3 is 0 Å². The quantitative estimate of drug-likeness (QED) is 0.607. The molecule has 0 radical (unpaired) electrons. The molecule has 4 heteroatoms. The molecule has 0 spiro atoms. The van der Waals surface area contributed by atoms with Gasteiger partial charge in [0.05, 0.1) is 6.61 Å². The summed E-state index contributed by atoms with van der Waals surface area (Å²) < 4.78 is 5.02. The smallest absolute Gasteiger partial charge is 0.167 e. The molecule has 1 aliphatic rings. The van der Waals surface area contributed by atoms with Crippen molar-refractivity contribution in [1.29, 1.82) is 0 Å². The molecule has 0 saturated carbocycles. The molecule has 12 heavy (non-hydrogen) atoms. The van der Waals surface area contributed by atoms with Crippen molar-refractivity contribution in [2.45, 2.75) is 6.29 Å². The maximum absolute atomic E-state index is 9.17. The van der Waals surface area contributed by atoms with Gasteiger partial charge < -0.3 is 14.7 Å². The molecule has 0 aromatic carbocycles. The van der Waals surface area contributed by atoms with Gasteiger partial charge in [-0.25, -0.2) is 0 Å². The maximum atomic E-state index is 9.17. The molecule has 1 fully saturated rings. The van der Waals surface area contributed by atoms with E-state index in [1.165, 1.54) is 0 Å². The van der Waals surface area contributed by atoms with Crippen molar-refractivity contribution in [3.8, 4) is 0 Å². The van der Waals surface area contributed by atoms with Crippen molar-refractivity contribution >= 4 is 0 Å². The Morgan fingerprint density at radius 1 is 1.58 bits per heavy atom. The van der Waals surface area contributed by atoms with Crippen molar-refractivity contribution in [3.63, 3.8) is 0 Å². The number of nitrogens with zero attached hydrogens (tertiary/aromatic N) is 2. The van der Waals surface area contributed by atoms with E-state index in [9.17, 15) is 0 Å². The summed E-state index contributed by atoms with van der Waals surface area (Å²) in [6.07, 6.45) is -0.582. The molecule has 0 aromatic heterocycles. The zero-order chi connectivity index (χ0) is 8.97. The standard InChI is InChI=1S/C8H18N2O2/c1-9(2)3-4-10-5-6-12-8(11)7-10/h8,11H,3-7H2,1-2H3/t8-/m1/s1. The molecule has 72 valence electrons. The third-order valence-corrected chi connectivity index (χ3v) is 2.00. The van der Waals surface area contributed by atoms with Crippen LogP contribution in [0.5, 0.6) is 0 Å². The van der Waals surface area contributed by atoms with Crippen molar-refractivity contribution in [2.75, 3.05) is 46.9 Å². The lowest BCUT2D eigenvalue weighted by Crippen LogP contribution is -2.44. The van der Waals surface area contributed by atoms with Crippen LogP contribution in [0.3, 0.4) is 0 Å². The highest BCUT2D eigenvalue weighted by Crippen LogP contribution is 2.01. The molecule has 1 N–H and O–H groups in total. The van der Waals surface area contributed by atoms with E-state index >= 15 is 0 Å². The Labute approximate surface area is 73.7 Å². The van der Waals surface area contributed by atoms with Gasteiger partial charge in [0.1, 0.15) is 0 Å². The molecule has 4 nitrogen and oxygen atoms in total. The number of aliphatic hydroxyl groups excluding tert-OH is 1. The van der Waals surface area contributed by atoms with Crippen LogP contribution in [0.4, 0.5) is 0 Å². The van der Waals surface area contributed by atoms with Gasteiger partial charge in [0, 0.05) is 26.2 Å². The van der Waals surface area contributed by atoms with E-state index in [-0.39, 0.29) is 0 Å². The largest absolute Gasteiger partial charge is 0.367 e. The second-order valence-electron chi connectivity index (χ2n) is 3.43. The molecule has 0 aliphatic carbocycles. The highest BCUT2D eigenvalue weighted by Gasteiger charge is 2.17. The molecule has 1 aliphatic heterocycles. The molecule has 0 unspecified atom stereocenters. The predicted molar refractivity (Wildman–Crippen MR) is 47.0 cm³/mol. The summed E-state index contributed by atoms with van der Waals surface area (Å²) >= 11 is 0. The van der Waals surface area contributed by atoms with E-state index in [0.717, 1.165) is 19.6 Å². The van der Waals surface area contributed by atoms with Crippen molar-refractivity contribution in [2.24, 2.45) is 0 Å². The molecule has 0 amide bonds. The summed E-state index contributed by atoms with van der Waals surface area (Å²) in [5.41, 5.74) is 0. The second-order valence-corrected chi connectivity index (χ2v) is 3.43. The van der Waals surface area contributed by atoms with Crippen molar-refractivity contribution in [3.05, 3.63) is 0 Å². The van der Waals surface area contributed by atoms with E-state index < -0.39 is 6.29 Å². The zero-order valence-corrected chi connectivity index (χ0v) is 7.86. The lowest BCUT2D eigenvalue weighted by atomic mass is 10.4. The Morgan fingerprint density at radius 3 is 2.92 bits per heavy atom.